The fourth-order valence-corrected chi connectivity index (χ4v) is 2.20. The van der Waals surface area contributed by atoms with Crippen molar-refractivity contribution in [3.8, 4) is 0 Å². The molecule has 1 N–H and O–H groups in total. The van der Waals surface area contributed by atoms with Crippen molar-refractivity contribution < 1.29 is 4.79 Å². The Morgan fingerprint density at radius 3 is 2.41 bits per heavy atom. The zero-order valence-electron chi connectivity index (χ0n) is 12.7. The van der Waals surface area contributed by atoms with Gasteiger partial charge in [0.15, 0.2) is 5.78 Å². The number of hydrogen-bond donors (Lipinski definition) is 1. The molecule has 0 bridgehead atoms. The van der Waals surface area contributed by atoms with Gasteiger partial charge < -0.3 is 5.32 Å². The largest absolute Gasteiger partial charge is 0.362 e. The predicted octanol–water partition coefficient (Wildman–Crippen LogP) is 5.49. The lowest BCUT2D eigenvalue weighted by Gasteiger charge is -2.03. The van der Waals surface area contributed by atoms with Gasteiger partial charge in [0.25, 0.3) is 0 Å². The Kier molecular flexibility index (Phi) is 6.23. The van der Waals surface area contributed by atoms with Crippen molar-refractivity contribution in [3.63, 3.8) is 0 Å². The lowest BCUT2D eigenvalue weighted by Crippen LogP contribution is -1.96. The molecule has 2 nitrogen and oxygen atoms in total. The molecule has 0 saturated carbocycles. The quantitative estimate of drug-likeness (QED) is 0.541. The van der Waals surface area contributed by atoms with Crippen LogP contribution in [0.5, 0.6) is 0 Å². The van der Waals surface area contributed by atoms with Crippen molar-refractivity contribution in [1.29, 1.82) is 0 Å². The average molecular weight is 314 g/mol. The monoisotopic (exact) mass is 313 g/mol. The minimum atomic E-state index is -0.0521. The summed E-state index contributed by atoms with van der Waals surface area (Å²) in [5.41, 5.74) is 2.94. The summed E-state index contributed by atoms with van der Waals surface area (Å²) in [6, 6.07) is 15.2. The Bertz CT molecular complexity index is 629. The van der Waals surface area contributed by atoms with Crippen LogP contribution in [0.4, 0.5) is 5.69 Å². The zero-order chi connectivity index (χ0) is 15.8. The molecule has 2 aromatic rings. The first-order valence-electron chi connectivity index (χ1n) is 7.51. The number of unbranched alkanes of at least 4 members (excludes halogenated alkanes) is 1. The summed E-state index contributed by atoms with van der Waals surface area (Å²) in [5, 5.41) is 3.74. The third kappa shape index (κ3) is 5.05. The van der Waals surface area contributed by atoms with E-state index in [4.69, 9.17) is 11.6 Å². The molecule has 2 aromatic carbocycles. The lowest BCUT2D eigenvalue weighted by molar-refractivity contribution is 0.104. The SMILES string of the molecule is CCCCc1ccc(NC=CC(=O)c2ccc(Cl)cc2)cc1. The number of aryl methyl sites for hydroxylation is 1. The zero-order valence-corrected chi connectivity index (χ0v) is 13.4. The van der Waals surface area contributed by atoms with E-state index in [1.165, 1.54) is 24.5 Å². The van der Waals surface area contributed by atoms with Crippen LogP contribution in [0.1, 0.15) is 35.7 Å². The third-order valence-electron chi connectivity index (χ3n) is 3.39. The summed E-state index contributed by atoms with van der Waals surface area (Å²) < 4.78 is 0. The van der Waals surface area contributed by atoms with E-state index >= 15 is 0 Å². The Labute approximate surface area is 136 Å². The number of hydrogen-bond acceptors (Lipinski definition) is 2. The normalized spacial score (nSPS) is 10.8. The number of halogens is 1. The van der Waals surface area contributed by atoms with E-state index in [9.17, 15) is 4.79 Å². The van der Waals surface area contributed by atoms with Crippen molar-refractivity contribution in [1.82, 2.24) is 0 Å². The van der Waals surface area contributed by atoms with E-state index in [2.05, 4.69) is 24.4 Å². The summed E-state index contributed by atoms with van der Waals surface area (Å²) in [5.74, 6) is -0.0521. The van der Waals surface area contributed by atoms with E-state index < -0.39 is 0 Å². The summed E-state index contributed by atoms with van der Waals surface area (Å²) in [6.45, 7) is 2.19. The minimum Gasteiger partial charge on any atom is -0.362 e. The molecule has 0 radical (unpaired) electrons. The third-order valence-corrected chi connectivity index (χ3v) is 3.64. The van der Waals surface area contributed by atoms with E-state index in [0.717, 1.165) is 12.1 Å². The van der Waals surface area contributed by atoms with Crippen molar-refractivity contribution >= 4 is 23.1 Å². The van der Waals surface area contributed by atoms with Crippen LogP contribution < -0.4 is 5.32 Å². The fraction of sp³-hybridized carbons (Fsp3) is 0.211. The number of benzene rings is 2. The van der Waals surface area contributed by atoms with Crippen molar-refractivity contribution in [3.05, 3.63) is 77.0 Å². The first-order valence-corrected chi connectivity index (χ1v) is 7.89. The van der Waals surface area contributed by atoms with Gasteiger partial charge in [0.2, 0.25) is 0 Å². The van der Waals surface area contributed by atoms with Gasteiger partial charge in [-0.2, -0.15) is 0 Å². The molecule has 0 unspecified atom stereocenters. The topological polar surface area (TPSA) is 29.1 Å². The lowest BCUT2D eigenvalue weighted by atomic mass is 10.1. The molecule has 0 spiro atoms. The van der Waals surface area contributed by atoms with Crippen LogP contribution >= 0.6 is 11.6 Å². The summed E-state index contributed by atoms with van der Waals surface area (Å²) in [4.78, 5) is 11.9. The Balaban J connectivity index is 1.88. The Morgan fingerprint density at radius 2 is 1.77 bits per heavy atom. The summed E-state index contributed by atoms with van der Waals surface area (Å²) in [6.07, 6.45) is 6.71. The van der Waals surface area contributed by atoms with Crippen LogP contribution in [0.3, 0.4) is 0 Å². The van der Waals surface area contributed by atoms with Crippen molar-refractivity contribution in [2.24, 2.45) is 0 Å². The van der Waals surface area contributed by atoms with Crippen LogP contribution in [-0.4, -0.2) is 5.78 Å². The fourth-order valence-electron chi connectivity index (χ4n) is 2.07. The molecule has 0 fully saturated rings. The number of rotatable bonds is 7. The van der Waals surface area contributed by atoms with Gasteiger partial charge in [-0.1, -0.05) is 37.1 Å². The van der Waals surface area contributed by atoms with Gasteiger partial charge >= 0.3 is 0 Å². The highest BCUT2D eigenvalue weighted by Crippen LogP contribution is 2.13. The van der Waals surface area contributed by atoms with E-state index in [1.807, 2.05) is 12.1 Å². The highest BCUT2D eigenvalue weighted by atomic mass is 35.5. The van der Waals surface area contributed by atoms with E-state index in [0.29, 0.717) is 10.6 Å². The van der Waals surface area contributed by atoms with Gasteiger partial charge in [-0.25, -0.2) is 0 Å². The predicted molar refractivity (Wildman–Crippen MR) is 93.6 cm³/mol. The number of carbonyl (C=O) groups is 1. The standard InChI is InChI=1S/C19H20ClNO/c1-2-3-4-15-5-11-18(12-6-15)21-14-13-19(22)16-7-9-17(20)10-8-16/h5-14,21H,2-4H2,1H3. The second kappa shape index (κ2) is 8.40. The first kappa shape index (κ1) is 16.3. The van der Waals surface area contributed by atoms with Gasteiger partial charge in [-0.15, -0.1) is 0 Å². The van der Waals surface area contributed by atoms with Crippen LogP contribution in [0, 0.1) is 0 Å². The molecule has 0 heterocycles. The maximum Gasteiger partial charge on any atom is 0.187 e. The molecule has 22 heavy (non-hydrogen) atoms. The smallest absolute Gasteiger partial charge is 0.187 e. The molecule has 0 atom stereocenters. The molecule has 114 valence electrons. The first-order chi connectivity index (χ1) is 10.7. The number of ketones is 1. The molecule has 0 aliphatic carbocycles. The second-order valence-electron chi connectivity index (χ2n) is 5.15. The number of nitrogens with one attached hydrogen (secondary N) is 1. The molecule has 0 saturated heterocycles. The molecule has 0 aliphatic heterocycles. The molecule has 2 rings (SSSR count). The maximum atomic E-state index is 11.9. The molecule has 3 heteroatoms. The van der Waals surface area contributed by atoms with Crippen LogP contribution in [-0.2, 0) is 6.42 Å². The number of carbonyl (C=O) groups excluding carboxylic acids is 1. The van der Waals surface area contributed by atoms with Gasteiger partial charge in [0.1, 0.15) is 0 Å². The molecular formula is C19H20ClNO. The molecular weight excluding hydrogens is 294 g/mol. The maximum absolute atomic E-state index is 11.9. The van der Waals surface area contributed by atoms with Gasteiger partial charge in [0.05, 0.1) is 0 Å². The second-order valence-corrected chi connectivity index (χ2v) is 5.59. The summed E-state index contributed by atoms with van der Waals surface area (Å²) in [7, 11) is 0. The van der Waals surface area contributed by atoms with Crippen molar-refractivity contribution in [2.45, 2.75) is 26.2 Å². The number of anilines is 1. The van der Waals surface area contributed by atoms with Crippen LogP contribution in [0.25, 0.3) is 0 Å². The van der Waals surface area contributed by atoms with Crippen LogP contribution in [0.15, 0.2) is 60.8 Å². The molecule has 0 aliphatic rings. The number of allylic oxidation sites excluding steroid dienone is 1. The Morgan fingerprint density at radius 1 is 1.09 bits per heavy atom. The van der Waals surface area contributed by atoms with Gasteiger partial charge in [-0.05, 0) is 54.8 Å². The summed E-state index contributed by atoms with van der Waals surface area (Å²) >= 11 is 5.80. The van der Waals surface area contributed by atoms with Gasteiger partial charge in [0, 0.05) is 28.5 Å². The van der Waals surface area contributed by atoms with Crippen LogP contribution in [0.2, 0.25) is 5.02 Å². The van der Waals surface area contributed by atoms with E-state index in [-0.39, 0.29) is 5.78 Å². The minimum absolute atomic E-state index is 0.0521. The van der Waals surface area contributed by atoms with Crippen molar-refractivity contribution in [2.75, 3.05) is 5.32 Å². The highest BCUT2D eigenvalue weighted by Gasteiger charge is 2.00. The average Bonchev–Trinajstić information content (AvgIpc) is 2.54. The highest BCUT2D eigenvalue weighted by molar-refractivity contribution is 6.30. The van der Waals surface area contributed by atoms with E-state index in [1.54, 1.807) is 30.5 Å². The molecule has 0 amide bonds. The Hall–Kier alpha value is -2.06. The van der Waals surface area contributed by atoms with Gasteiger partial charge in [-0.3, -0.25) is 4.79 Å². The molecule has 0 aromatic heterocycles.